The van der Waals surface area contributed by atoms with Gasteiger partial charge in [-0.25, -0.2) is 22.9 Å². The molecular weight excluding hydrogens is 477 g/mol. The first-order valence-corrected chi connectivity index (χ1v) is 12.4. The molecule has 0 radical (unpaired) electrons. The summed E-state index contributed by atoms with van der Waals surface area (Å²) >= 11 is 0. The second-order valence-electron chi connectivity index (χ2n) is 7.58. The quantitative estimate of drug-likeness (QED) is 0.598. The van der Waals surface area contributed by atoms with E-state index in [1.165, 1.54) is 6.92 Å². The zero-order valence-corrected chi connectivity index (χ0v) is 20.8. The first-order valence-electron chi connectivity index (χ1n) is 10.9. The smallest absolute Gasteiger partial charge is 0.417 e. The van der Waals surface area contributed by atoms with Gasteiger partial charge in [-0.3, -0.25) is 4.79 Å². The molecule has 0 bridgehead atoms. The number of halogens is 3. The molecule has 3 rings (SSSR count). The van der Waals surface area contributed by atoms with Gasteiger partial charge < -0.3 is 9.84 Å². The molecule has 1 fully saturated rings. The third kappa shape index (κ3) is 5.84. The van der Waals surface area contributed by atoms with Crippen molar-refractivity contribution < 1.29 is 41.0 Å². The van der Waals surface area contributed by atoms with Crippen LogP contribution in [-0.4, -0.2) is 48.5 Å². The van der Waals surface area contributed by atoms with Crippen LogP contribution in [0.25, 0.3) is 0 Å². The Kier molecular flexibility index (Phi) is 9.58. The number of pyridine rings is 1. The number of nitrogens with one attached hydrogen (secondary N) is 1. The number of hydrogen-bond donors (Lipinski definition) is 2. The van der Waals surface area contributed by atoms with Gasteiger partial charge in [0.1, 0.15) is 0 Å². The van der Waals surface area contributed by atoms with Gasteiger partial charge in [-0.2, -0.15) is 13.2 Å². The maximum atomic E-state index is 12.7. The number of Topliss-reactive ketones (excluding diaryl/α,β-unsaturated/α-hetero) is 1. The summed E-state index contributed by atoms with van der Waals surface area (Å²) < 4.78 is 70.5. The van der Waals surface area contributed by atoms with Crippen molar-refractivity contribution in [2.45, 2.75) is 76.2 Å². The number of carbonyl (C=O) groups is 2. The van der Waals surface area contributed by atoms with Gasteiger partial charge in [0.05, 0.1) is 18.2 Å². The van der Waals surface area contributed by atoms with Crippen molar-refractivity contribution in [1.29, 1.82) is 0 Å². The lowest BCUT2D eigenvalue weighted by Crippen LogP contribution is -2.56. The van der Waals surface area contributed by atoms with Gasteiger partial charge in [-0.15, -0.1) is 0 Å². The number of aliphatic hydroxyl groups is 1. The molecule has 2 aliphatic rings. The minimum atomic E-state index is -4.67. The van der Waals surface area contributed by atoms with E-state index in [2.05, 4.69) is 14.4 Å². The predicted molar refractivity (Wildman–Crippen MR) is 118 cm³/mol. The number of fused-ring (bicyclic) bond motifs is 1. The Morgan fingerprint density at radius 1 is 1.24 bits per heavy atom. The van der Waals surface area contributed by atoms with Crippen LogP contribution in [0.15, 0.2) is 35.0 Å². The monoisotopic (exact) mass is 508 g/mol. The average molecular weight is 509 g/mol. The van der Waals surface area contributed by atoms with Crippen molar-refractivity contribution in [2.75, 3.05) is 7.11 Å². The number of aromatic nitrogens is 1. The molecule has 0 saturated heterocycles. The predicted octanol–water partition coefficient (Wildman–Crippen LogP) is 3.40. The molecule has 0 aliphatic heterocycles. The van der Waals surface area contributed by atoms with Gasteiger partial charge in [0, 0.05) is 24.1 Å². The largest absolute Gasteiger partial charge is 0.466 e. The van der Waals surface area contributed by atoms with Crippen LogP contribution < -0.4 is 4.72 Å². The molecule has 0 aromatic carbocycles. The second kappa shape index (κ2) is 11.0. The van der Waals surface area contributed by atoms with Crippen LogP contribution in [0.2, 0.25) is 0 Å². The summed E-state index contributed by atoms with van der Waals surface area (Å²) in [6.45, 7) is 9.43. The van der Waals surface area contributed by atoms with Crippen LogP contribution in [0.1, 0.15) is 59.4 Å². The molecule has 1 saturated carbocycles. The fraction of sp³-hybridized carbons (Fsp3) is 0.591. The fourth-order valence-corrected chi connectivity index (χ4v) is 5.31. The number of carbonyl (C=O) groups excluding carboxylic acids is 2. The number of esters is 1. The topological polar surface area (TPSA) is 123 Å². The summed E-state index contributed by atoms with van der Waals surface area (Å²) in [6.07, 6.45) is -2.91. The van der Waals surface area contributed by atoms with Crippen molar-refractivity contribution in [3.05, 3.63) is 35.5 Å². The van der Waals surface area contributed by atoms with Gasteiger partial charge in [0.15, 0.2) is 16.4 Å². The molecule has 2 aliphatic carbocycles. The van der Waals surface area contributed by atoms with Crippen LogP contribution in [0.4, 0.5) is 13.2 Å². The molecule has 0 spiro atoms. The van der Waals surface area contributed by atoms with E-state index in [0.717, 1.165) is 19.3 Å². The molecule has 192 valence electrons. The van der Waals surface area contributed by atoms with Gasteiger partial charge in [0.2, 0.25) is 0 Å². The number of hydrogen-bond acceptors (Lipinski definition) is 7. The third-order valence-corrected chi connectivity index (χ3v) is 6.92. The molecule has 34 heavy (non-hydrogen) atoms. The molecule has 2 N–H and O–H groups in total. The van der Waals surface area contributed by atoms with Gasteiger partial charge >= 0.3 is 12.1 Å². The van der Waals surface area contributed by atoms with E-state index in [4.69, 9.17) is 0 Å². The zero-order chi connectivity index (χ0) is 26.5. The molecule has 3 atom stereocenters. The minimum Gasteiger partial charge on any atom is -0.466 e. The SMILES string of the molecule is CC.CC.COC(=O)C1=C[C@](C)(NS(=O)(=O)c2ccc(C(F)(F)F)cn2)CC2CCC(=O)[C@@]12O. The molecule has 8 nitrogen and oxygen atoms in total. The van der Waals surface area contributed by atoms with Crippen molar-refractivity contribution >= 4 is 21.8 Å². The minimum absolute atomic E-state index is 0.0127. The Hall–Kier alpha value is -2.31. The van der Waals surface area contributed by atoms with E-state index in [0.29, 0.717) is 12.3 Å². The van der Waals surface area contributed by atoms with E-state index in [9.17, 15) is 36.3 Å². The van der Waals surface area contributed by atoms with Gasteiger partial charge in [0.25, 0.3) is 10.0 Å². The number of nitrogens with zero attached hydrogens (tertiary/aromatic N) is 1. The highest BCUT2D eigenvalue weighted by atomic mass is 32.2. The van der Waals surface area contributed by atoms with Crippen molar-refractivity contribution in [3.8, 4) is 0 Å². The molecule has 12 heteroatoms. The Morgan fingerprint density at radius 2 is 1.82 bits per heavy atom. The highest BCUT2D eigenvalue weighted by Gasteiger charge is 2.58. The maximum Gasteiger partial charge on any atom is 0.417 e. The molecular formula is C22H31F3N2O6S. The third-order valence-electron chi connectivity index (χ3n) is 5.39. The zero-order valence-electron chi connectivity index (χ0n) is 20.0. The number of sulfonamides is 1. The summed E-state index contributed by atoms with van der Waals surface area (Å²) in [6, 6.07) is 1.31. The Morgan fingerprint density at radius 3 is 2.29 bits per heavy atom. The van der Waals surface area contributed by atoms with E-state index >= 15 is 0 Å². The summed E-state index contributed by atoms with van der Waals surface area (Å²) in [4.78, 5) is 27.9. The van der Waals surface area contributed by atoms with Crippen LogP contribution in [-0.2, 0) is 30.5 Å². The first-order chi connectivity index (χ1) is 15.7. The molecule has 1 aromatic heterocycles. The van der Waals surface area contributed by atoms with E-state index < -0.39 is 55.6 Å². The normalized spacial score (nSPS) is 26.2. The van der Waals surface area contributed by atoms with Crippen LogP contribution in [0.3, 0.4) is 0 Å². The molecule has 1 aromatic rings. The number of rotatable bonds is 4. The standard InChI is InChI=1S/C18H19F3N2O6S.2C2H6/c1-16(23-30(27,28)14-6-4-11(9-22-14)18(19,20)21)7-10-3-5-13(24)17(10,26)12(8-16)15(25)29-2;2*1-2/h4,6,8-10,23,26H,3,5,7H2,1-2H3;2*1-2H3/t10?,16-,17+;;/m1../s1. The molecule has 1 heterocycles. The van der Waals surface area contributed by atoms with Crippen LogP contribution >= 0.6 is 0 Å². The number of alkyl halides is 3. The van der Waals surface area contributed by atoms with E-state index in [-0.39, 0.29) is 24.8 Å². The fourth-order valence-electron chi connectivity index (χ4n) is 4.01. The Bertz CT molecular complexity index is 1020. The summed E-state index contributed by atoms with van der Waals surface area (Å²) in [7, 11) is -3.33. The second-order valence-corrected chi connectivity index (χ2v) is 9.21. The van der Waals surface area contributed by atoms with Crippen molar-refractivity contribution in [1.82, 2.24) is 9.71 Å². The lowest BCUT2D eigenvalue weighted by atomic mass is 9.70. The highest BCUT2D eigenvalue weighted by Crippen LogP contribution is 2.47. The lowest BCUT2D eigenvalue weighted by Gasteiger charge is -2.41. The van der Waals surface area contributed by atoms with E-state index in [1.807, 2.05) is 27.7 Å². The summed E-state index contributed by atoms with van der Waals surface area (Å²) in [5.41, 5.74) is -4.96. The Balaban J connectivity index is 0.00000137. The van der Waals surface area contributed by atoms with Gasteiger partial charge in [-0.1, -0.05) is 27.7 Å². The molecule has 1 unspecified atom stereocenters. The summed E-state index contributed by atoms with van der Waals surface area (Å²) in [5, 5.41) is 10.2. The number of ether oxygens (including phenoxy) is 1. The Labute approximate surface area is 197 Å². The number of ketones is 1. The average Bonchev–Trinajstić information content (AvgIpc) is 3.08. The van der Waals surface area contributed by atoms with Crippen molar-refractivity contribution in [3.63, 3.8) is 0 Å². The summed E-state index contributed by atoms with van der Waals surface area (Å²) in [5.74, 6) is -2.27. The highest BCUT2D eigenvalue weighted by molar-refractivity contribution is 7.89. The van der Waals surface area contributed by atoms with Crippen molar-refractivity contribution in [2.24, 2.45) is 5.92 Å². The maximum absolute atomic E-state index is 12.7. The van der Waals surface area contributed by atoms with Crippen LogP contribution in [0.5, 0.6) is 0 Å². The van der Waals surface area contributed by atoms with Gasteiger partial charge in [-0.05, 0) is 38.0 Å². The molecule has 0 amide bonds. The van der Waals surface area contributed by atoms with E-state index in [1.54, 1.807) is 0 Å². The van der Waals surface area contributed by atoms with Crippen LogP contribution in [0, 0.1) is 5.92 Å². The first kappa shape index (κ1) is 29.7. The number of methoxy groups -OCH3 is 1. The lowest BCUT2D eigenvalue weighted by molar-refractivity contribution is -0.146.